The lowest BCUT2D eigenvalue weighted by atomic mass is 10.1. The Balaban J connectivity index is 1.76. The Bertz CT molecular complexity index is 977. The minimum Gasteiger partial charge on any atom is -0.265 e. The van der Waals surface area contributed by atoms with Gasteiger partial charge in [-0.25, -0.2) is 23.1 Å². The number of sulfonamides is 1. The van der Waals surface area contributed by atoms with Gasteiger partial charge in [-0.15, -0.1) is 0 Å². The lowest BCUT2D eigenvalue weighted by molar-refractivity contribution is 0.564. The molecule has 6 nitrogen and oxygen atoms in total. The summed E-state index contributed by atoms with van der Waals surface area (Å²) in [7, 11) is -3.47. The minimum absolute atomic E-state index is 0.0623. The summed E-state index contributed by atoms with van der Waals surface area (Å²) in [5.41, 5.74) is 3.10. The number of nitrogens with one attached hydrogen (secondary N) is 1. The van der Waals surface area contributed by atoms with E-state index in [2.05, 4.69) is 19.7 Å². The van der Waals surface area contributed by atoms with Crippen LogP contribution in [0, 0.1) is 6.92 Å². The van der Waals surface area contributed by atoms with Gasteiger partial charge in [-0.3, -0.25) is 4.98 Å². The van der Waals surface area contributed by atoms with E-state index in [1.807, 2.05) is 37.3 Å². The van der Waals surface area contributed by atoms with Crippen LogP contribution in [0.15, 0.2) is 61.1 Å². The summed E-state index contributed by atoms with van der Waals surface area (Å²) in [5.74, 6) is 0.528. The van der Waals surface area contributed by atoms with Crippen LogP contribution < -0.4 is 4.72 Å². The molecule has 0 aliphatic rings. The molecule has 0 bridgehead atoms. The Kier molecular flexibility index (Phi) is 5.39. The molecule has 0 spiro atoms. The van der Waals surface area contributed by atoms with Gasteiger partial charge < -0.3 is 0 Å². The van der Waals surface area contributed by atoms with E-state index in [1.54, 1.807) is 37.6 Å². The van der Waals surface area contributed by atoms with Crippen LogP contribution in [-0.4, -0.2) is 23.4 Å². The third-order valence-electron chi connectivity index (χ3n) is 3.98. The Morgan fingerprint density at radius 2 is 1.77 bits per heavy atom. The molecule has 0 aliphatic heterocycles. The highest BCUT2D eigenvalue weighted by atomic mass is 32.2. The molecule has 7 heteroatoms. The molecule has 1 aromatic carbocycles. The van der Waals surface area contributed by atoms with Crippen molar-refractivity contribution in [3.63, 3.8) is 0 Å². The first-order valence-corrected chi connectivity index (χ1v) is 9.88. The van der Waals surface area contributed by atoms with Gasteiger partial charge in [0.25, 0.3) is 0 Å². The lowest BCUT2D eigenvalue weighted by Gasteiger charge is -2.16. The summed E-state index contributed by atoms with van der Waals surface area (Å²) in [6, 6.07) is 12.3. The third-order valence-corrected chi connectivity index (χ3v) is 5.40. The highest BCUT2D eigenvalue weighted by molar-refractivity contribution is 7.88. The Morgan fingerprint density at radius 3 is 2.42 bits per heavy atom. The van der Waals surface area contributed by atoms with Crippen LogP contribution >= 0.6 is 0 Å². The topological polar surface area (TPSA) is 84.8 Å². The quantitative estimate of drug-likeness (QED) is 0.723. The van der Waals surface area contributed by atoms with Gasteiger partial charge in [-0.2, -0.15) is 0 Å². The number of hydrogen-bond donors (Lipinski definition) is 1. The molecule has 0 saturated carbocycles. The number of pyridine rings is 1. The summed E-state index contributed by atoms with van der Waals surface area (Å²) in [6.45, 7) is 3.64. The fourth-order valence-corrected chi connectivity index (χ4v) is 4.09. The van der Waals surface area contributed by atoms with E-state index < -0.39 is 16.1 Å². The van der Waals surface area contributed by atoms with Gasteiger partial charge in [0, 0.05) is 41.5 Å². The predicted molar refractivity (Wildman–Crippen MR) is 101 cm³/mol. The zero-order valence-electron chi connectivity index (χ0n) is 14.6. The summed E-state index contributed by atoms with van der Waals surface area (Å²) in [6.07, 6.45) is 5.04. The number of hydrogen-bond acceptors (Lipinski definition) is 5. The Hall–Kier alpha value is -2.64. The Morgan fingerprint density at radius 1 is 1.08 bits per heavy atom. The number of benzene rings is 1. The van der Waals surface area contributed by atoms with Crippen molar-refractivity contribution in [3.05, 3.63) is 77.9 Å². The average molecular weight is 368 g/mol. The van der Waals surface area contributed by atoms with Crippen molar-refractivity contribution < 1.29 is 8.42 Å². The molecular formula is C19H20N4O2S. The van der Waals surface area contributed by atoms with Crippen molar-refractivity contribution in [2.24, 2.45) is 0 Å². The smallest absolute Gasteiger partial charge is 0.216 e. The largest absolute Gasteiger partial charge is 0.265 e. The molecule has 26 heavy (non-hydrogen) atoms. The molecule has 0 radical (unpaired) electrons. The van der Waals surface area contributed by atoms with Crippen LogP contribution in [0.5, 0.6) is 0 Å². The van der Waals surface area contributed by atoms with Gasteiger partial charge in [-0.05, 0) is 31.5 Å². The van der Waals surface area contributed by atoms with E-state index in [4.69, 9.17) is 0 Å². The normalized spacial score (nSPS) is 12.7. The fraction of sp³-hybridized carbons (Fsp3) is 0.211. The third kappa shape index (κ3) is 4.50. The van der Waals surface area contributed by atoms with Crippen LogP contribution in [0.25, 0.3) is 11.4 Å². The zero-order valence-corrected chi connectivity index (χ0v) is 15.4. The highest BCUT2D eigenvalue weighted by Gasteiger charge is 2.19. The molecule has 0 aliphatic carbocycles. The van der Waals surface area contributed by atoms with E-state index in [0.717, 1.165) is 22.4 Å². The fourth-order valence-electron chi connectivity index (χ4n) is 2.71. The molecule has 1 N–H and O–H groups in total. The van der Waals surface area contributed by atoms with Crippen LogP contribution in [0.4, 0.5) is 0 Å². The summed E-state index contributed by atoms with van der Waals surface area (Å²) in [5, 5.41) is 0. The molecule has 1 atom stereocenters. The Labute approximate surface area is 153 Å². The first-order valence-electron chi connectivity index (χ1n) is 8.22. The molecule has 0 saturated heterocycles. The van der Waals surface area contributed by atoms with Crippen molar-refractivity contribution in [3.8, 4) is 11.4 Å². The van der Waals surface area contributed by atoms with Crippen LogP contribution in [-0.2, 0) is 15.8 Å². The lowest BCUT2D eigenvalue weighted by Crippen LogP contribution is -2.28. The molecule has 0 fully saturated rings. The van der Waals surface area contributed by atoms with Gasteiger partial charge in [0.2, 0.25) is 10.0 Å². The average Bonchev–Trinajstić information content (AvgIpc) is 2.62. The van der Waals surface area contributed by atoms with Crippen molar-refractivity contribution in [1.82, 2.24) is 19.7 Å². The SMILES string of the molecule is Cc1nc(-c2ccncc2)ncc1C(C)NS(=O)(=O)Cc1ccccc1. The van der Waals surface area contributed by atoms with Crippen molar-refractivity contribution in [2.45, 2.75) is 25.6 Å². The summed E-state index contributed by atoms with van der Waals surface area (Å²) in [4.78, 5) is 12.9. The van der Waals surface area contributed by atoms with E-state index in [9.17, 15) is 8.42 Å². The maximum atomic E-state index is 12.4. The minimum atomic E-state index is -3.47. The number of aromatic nitrogens is 3. The second kappa shape index (κ2) is 7.72. The first-order chi connectivity index (χ1) is 12.4. The number of rotatable bonds is 6. The first kappa shape index (κ1) is 18.2. The molecular weight excluding hydrogens is 348 g/mol. The van der Waals surface area contributed by atoms with Gasteiger partial charge in [-0.1, -0.05) is 30.3 Å². The maximum absolute atomic E-state index is 12.4. The summed E-state index contributed by atoms with van der Waals surface area (Å²) < 4.78 is 27.6. The monoisotopic (exact) mass is 368 g/mol. The second-order valence-electron chi connectivity index (χ2n) is 6.05. The zero-order chi connectivity index (χ0) is 18.6. The van der Waals surface area contributed by atoms with E-state index in [-0.39, 0.29) is 5.75 Å². The van der Waals surface area contributed by atoms with Gasteiger partial charge in [0.1, 0.15) is 0 Å². The maximum Gasteiger partial charge on any atom is 0.216 e. The van der Waals surface area contributed by atoms with Gasteiger partial charge >= 0.3 is 0 Å². The highest BCUT2D eigenvalue weighted by Crippen LogP contribution is 2.20. The molecule has 3 aromatic rings. The molecule has 3 rings (SSSR count). The van der Waals surface area contributed by atoms with Crippen LogP contribution in [0.2, 0.25) is 0 Å². The molecule has 0 amide bonds. The molecule has 2 aromatic heterocycles. The molecule has 134 valence electrons. The van der Waals surface area contributed by atoms with Crippen molar-refractivity contribution in [1.29, 1.82) is 0 Å². The number of nitrogens with zero attached hydrogens (tertiary/aromatic N) is 3. The van der Waals surface area contributed by atoms with Crippen LogP contribution in [0.3, 0.4) is 0 Å². The number of aryl methyl sites for hydroxylation is 1. The molecule has 1 unspecified atom stereocenters. The van der Waals surface area contributed by atoms with E-state index >= 15 is 0 Å². The van der Waals surface area contributed by atoms with Crippen LogP contribution in [0.1, 0.15) is 29.8 Å². The van der Waals surface area contributed by atoms with E-state index in [1.165, 1.54) is 0 Å². The standard InChI is InChI=1S/C19H20N4O2S/c1-14-18(12-21-19(22-14)17-8-10-20-11-9-17)15(2)23-26(24,25)13-16-6-4-3-5-7-16/h3-12,15,23H,13H2,1-2H3. The van der Waals surface area contributed by atoms with Gasteiger partial charge in [0.05, 0.1) is 5.75 Å². The predicted octanol–water partition coefficient (Wildman–Crippen LogP) is 3.03. The van der Waals surface area contributed by atoms with Crippen molar-refractivity contribution in [2.75, 3.05) is 0 Å². The summed E-state index contributed by atoms with van der Waals surface area (Å²) >= 11 is 0. The second-order valence-corrected chi connectivity index (χ2v) is 7.81. The van der Waals surface area contributed by atoms with Crippen molar-refractivity contribution >= 4 is 10.0 Å². The van der Waals surface area contributed by atoms with Gasteiger partial charge in [0.15, 0.2) is 5.82 Å². The molecule has 2 heterocycles. The van der Waals surface area contributed by atoms with E-state index in [0.29, 0.717) is 5.82 Å².